The van der Waals surface area contributed by atoms with Crippen molar-refractivity contribution in [1.82, 2.24) is 4.90 Å². The smallest absolute Gasteiger partial charge is 0.333 e. The Morgan fingerprint density at radius 3 is 2.81 bits per heavy atom. The van der Waals surface area contributed by atoms with Crippen molar-refractivity contribution in [1.29, 1.82) is 0 Å². The van der Waals surface area contributed by atoms with E-state index < -0.39 is 5.97 Å². The number of morpholine rings is 1. The Hall–Kier alpha value is -1.13. The van der Waals surface area contributed by atoms with E-state index in [0.29, 0.717) is 18.8 Å². The van der Waals surface area contributed by atoms with Gasteiger partial charge in [-0.15, -0.1) is 0 Å². The number of aliphatic carboxylic acids is 1. The molecule has 0 aromatic rings. The summed E-state index contributed by atoms with van der Waals surface area (Å²) in [4.78, 5) is 13.4. The second kappa shape index (κ2) is 4.80. The lowest BCUT2D eigenvalue weighted by atomic mass is 9.93. The number of allylic oxidation sites excluding steroid dienone is 2. The molecule has 4 heteroatoms. The van der Waals surface area contributed by atoms with Crippen LogP contribution in [-0.4, -0.2) is 48.3 Å². The molecule has 1 heterocycles. The van der Waals surface area contributed by atoms with E-state index in [4.69, 9.17) is 4.74 Å². The van der Waals surface area contributed by atoms with Crippen LogP contribution in [0.3, 0.4) is 0 Å². The molecule has 1 aliphatic carbocycles. The fraction of sp³-hybridized carbons (Fsp3) is 0.583. The highest BCUT2D eigenvalue weighted by molar-refractivity contribution is 5.89. The number of carboxylic acids is 1. The van der Waals surface area contributed by atoms with Crippen molar-refractivity contribution in [3.63, 3.8) is 0 Å². The largest absolute Gasteiger partial charge is 0.478 e. The lowest BCUT2D eigenvalue weighted by molar-refractivity contribution is -0.133. The zero-order valence-electron chi connectivity index (χ0n) is 9.48. The maximum Gasteiger partial charge on any atom is 0.333 e. The highest BCUT2D eigenvalue weighted by atomic mass is 16.5. The lowest BCUT2D eigenvalue weighted by Gasteiger charge is -2.35. The van der Waals surface area contributed by atoms with E-state index in [-0.39, 0.29) is 6.04 Å². The van der Waals surface area contributed by atoms with Gasteiger partial charge in [-0.3, -0.25) is 4.90 Å². The summed E-state index contributed by atoms with van der Waals surface area (Å²) in [5.41, 5.74) is 1.56. The van der Waals surface area contributed by atoms with Crippen molar-refractivity contribution in [2.75, 3.05) is 26.3 Å². The van der Waals surface area contributed by atoms with Gasteiger partial charge in [-0.05, 0) is 19.4 Å². The highest BCUT2D eigenvalue weighted by Gasteiger charge is 2.28. The molecule has 1 aliphatic heterocycles. The second-order valence-corrected chi connectivity index (χ2v) is 4.25. The van der Waals surface area contributed by atoms with E-state index in [1.165, 1.54) is 0 Å². The second-order valence-electron chi connectivity index (χ2n) is 4.25. The Kier molecular flexibility index (Phi) is 3.41. The number of hydrogen-bond acceptors (Lipinski definition) is 3. The van der Waals surface area contributed by atoms with Crippen molar-refractivity contribution in [2.24, 2.45) is 0 Å². The topological polar surface area (TPSA) is 49.8 Å². The van der Waals surface area contributed by atoms with Crippen molar-refractivity contribution >= 4 is 5.97 Å². The maximum atomic E-state index is 11.2. The van der Waals surface area contributed by atoms with Crippen LogP contribution in [0.2, 0.25) is 0 Å². The van der Waals surface area contributed by atoms with Gasteiger partial charge in [0.05, 0.1) is 18.8 Å². The van der Waals surface area contributed by atoms with Gasteiger partial charge in [0.25, 0.3) is 0 Å². The van der Waals surface area contributed by atoms with Crippen molar-refractivity contribution in [3.8, 4) is 0 Å². The summed E-state index contributed by atoms with van der Waals surface area (Å²) in [5.74, 6) is -0.802. The summed E-state index contributed by atoms with van der Waals surface area (Å²) in [6.07, 6.45) is 4.68. The Morgan fingerprint density at radius 2 is 2.19 bits per heavy atom. The molecule has 2 aliphatic rings. The van der Waals surface area contributed by atoms with Crippen LogP contribution in [0, 0.1) is 0 Å². The van der Waals surface area contributed by atoms with Crippen LogP contribution < -0.4 is 0 Å². The molecule has 0 amide bonds. The fourth-order valence-corrected chi connectivity index (χ4v) is 2.26. The molecular formula is C12H17NO3. The molecule has 1 atom stereocenters. The van der Waals surface area contributed by atoms with Gasteiger partial charge in [-0.25, -0.2) is 4.79 Å². The zero-order chi connectivity index (χ0) is 11.5. The van der Waals surface area contributed by atoms with Crippen molar-refractivity contribution in [3.05, 3.63) is 23.3 Å². The Labute approximate surface area is 95.2 Å². The van der Waals surface area contributed by atoms with Gasteiger partial charge >= 0.3 is 5.97 Å². The molecule has 0 radical (unpaired) electrons. The summed E-state index contributed by atoms with van der Waals surface area (Å²) in [5, 5.41) is 9.20. The molecular weight excluding hydrogens is 206 g/mol. The summed E-state index contributed by atoms with van der Waals surface area (Å²) >= 11 is 0. The molecule has 0 aromatic heterocycles. The predicted molar refractivity (Wildman–Crippen MR) is 60.3 cm³/mol. The van der Waals surface area contributed by atoms with Crippen molar-refractivity contribution < 1.29 is 14.6 Å². The molecule has 88 valence electrons. The lowest BCUT2D eigenvalue weighted by Crippen LogP contribution is -2.46. The molecule has 0 spiro atoms. The molecule has 0 saturated carbocycles. The zero-order valence-corrected chi connectivity index (χ0v) is 9.48. The van der Waals surface area contributed by atoms with E-state index >= 15 is 0 Å². The number of rotatable bonds is 2. The quantitative estimate of drug-likeness (QED) is 0.760. The number of nitrogens with zero attached hydrogens (tertiary/aromatic N) is 1. The van der Waals surface area contributed by atoms with Gasteiger partial charge in [0.2, 0.25) is 0 Å². The van der Waals surface area contributed by atoms with E-state index in [1.54, 1.807) is 6.08 Å². The van der Waals surface area contributed by atoms with Crippen LogP contribution in [-0.2, 0) is 9.53 Å². The highest BCUT2D eigenvalue weighted by Crippen LogP contribution is 2.23. The normalized spacial score (nSPS) is 27.2. The van der Waals surface area contributed by atoms with Crippen molar-refractivity contribution in [2.45, 2.75) is 19.4 Å². The molecule has 2 rings (SSSR count). The molecule has 0 aromatic carbocycles. The first kappa shape index (κ1) is 11.4. The molecule has 1 unspecified atom stereocenters. The van der Waals surface area contributed by atoms with Gasteiger partial charge in [0.1, 0.15) is 0 Å². The SMILES string of the molecule is CC1=CCC(N2CCOCC2)C(C(=O)O)=C1. The molecule has 1 fully saturated rings. The average Bonchev–Trinajstić information content (AvgIpc) is 2.30. The van der Waals surface area contributed by atoms with Crippen LogP contribution >= 0.6 is 0 Å². The minimum absolute atomic E-state index is 0.0186. The van der Waals surface area contributed by atoms with E-state index in [9.17, 15) is 9.90 Å². The molecule has 16 heavy (non-hydrogen) atoms. The third-order valence-electron chi connectivity index (χ3n) is 3.14. The van der Waals surface area contributed by atoms with E-state index in [2.05, 4.69) is 11.0 Å². The Morgan fingerprint density at radius 1 is 1.50 bits per heavy atom. The van der Waals surface area contributed by atoms with Gasteiger partial charge in [0.15, 0.2) is 0 Å². The van der Waals surface area contributed by atoms with E-state index in [0.717, 1.165) is 25.1 Å². The summed E-state index contributed by atoms with van der Waals surface area (Å²) in [7, 11) is 0. The minimum Gasteiger partial charge on any atom is -0.478 e. The summed E-state index contributed by atoms with van der Waals surface area (Å²) in [6.45, 7) is 4.99. The number of carboxylic acid groups (broad SMARTS) is 1. The molecule has 1 N–H and O–H groups in total. The fourth-order valence-electron chi connectivity index (χ4n) is 2.26. The summed E-state index contributed by atoms with van der Waals surface area (Å²) < 4.78 is 5.28. The van der Waals surface area contributed by atoms with E-state index in [1.807, 2.05) is 6.92 Å². The number of ether oxygens (including phenoxy) is 1. The van der Waals surface area contributed by atoms with Gasteiger partial charge in [-0.2, -0.15) is 0 Å². The number of hydrogen-bond donors (Lipinski definition) is 1. The first-order chi connectivity index (χ1) is 7.68. The van der Waals surface area contributed by atoms with Gasteiger partial charge in [-0.1, -0.05) is 11.6 Å². The van der Waals surface area contributed by atoms with Crippen LogP contribution in [0.15, 0.2) is 23.3 Å². The molecule has 4 nitrogen and oxygen atoms in total. The third-order valence-corrected chi connectivity index (χ3v) is 3.14. The van der Waals surface area contributed by atoms with Crippen LogP contribution in [0.25, 0.3) is 0 Å². The Balaban J connectivity index is 2.14. The monoisotopic (exact) mass is 223 g/mol. The van der Waals surface area contributed by atoms with Gasteiger partial charge < -0.3 is 9.84 Å². The third kappa shape index (κ3) is 2.33. The standard InChI is InChI=1S/C12H17NO3/c1-9-2-3-11(10(8-9)12(14)15)13-4-6-16-7-5-13/h2,8,11H,3-7H2,1H3,(H,14,15). The summed E-state index contributed by atoms with van der Waals surface area (Å²) in [6, 6.07) is 0.0186. The van der Waals surface area contributed by atoms with Crippen LogP contribution in [0.4, 0.5) is 0 Å². The predicted octanol–water partition coefficient (Wildman–Crippen LogP) is 1.05. The molecule has 1 saturated heterocycles. The minimum atomic E-state index is -0.802. The first-order valence-corrected chi connectivity index (χ1v) is 5.62. The number of carbonyl (C=O) groups is 1. The Bertz CT molecular complexity index is 340. The van der Waals surface area contributed by atoms with Gasteiger partial charge in [0, 0.05) is 19.1 Å². The van der Waals surface area contributed by atoms with Crippen LogP contribution in [0.1, 0.15) is 13.3 Å². The maximum absolute atomic E-state index is 11.2. The molecule has 0 bridgehead atoms. The first-order valence-electron chi connectivity index (χ1n) is 5.62. The van der Waals surface area contributed by atoms with Crippen LogP contribution in [0.5, 0.6) is 0 Å². The average molecular weight is 223 g/mol.